The Kier molecular flexibility index (Phi) is 5.03. The second-order valence-electron chi connectivity index (χ2n) is 5.14. The summed E-state index contributed by atoms with van der Waals surface area (Å²) in [5.74, 6) is -1.34. The van der Waals surface area contributed by atoms with Gasteiger partial charge >= 0.3 is 5.97 Å². The van der Waals surface area contributed by atoms with Crippen LogP contribution in [0.4, 0.5) is 0 Å². The molecule has 1 aromatic rings. The lowest BCUT2D eigenvalue weighted by Crippen LogP contribution is -2.44. The van der Waals surface area contributed by atoms with Gasteiger partial charge in [-0.15, -0.1) is 11.3 Å². The van der Waals surface area contributed by atoms with Crippen LogP contribution >= 0.6 is 11.3 Å². The summed E-state index contributed by atoms with van der Waals surface area (Å²) in [6.45, 7) is 3.92. The molecule has 1 atom stereocenters. The summed E-state index contributed by atoms with van der Waals surface area (Å²) in [6, 6.07) is 0.578. The molecule has 2 rings (SSSR count). The quantitative estimate of drug-likeness (QED) is 0.852. The van der Waals surface area contributed by atoms with Gasteiger partial charge in [-0.25, -0.2) is 8.42 Å². The van der Waals surface area contributed by atoms with Crippen LogP contribution in [0.3, 0.4) is 0 Å². The first kappa shape index (κ1) is 16.4. The van der Waals surface area contributed by atoms with Crippen LogP contribution in [0.1, 0.15) is 30.3 Å². The lowest BCUT2D eigenvalue weighted by Gasteiger charge is -2.32. The predicted molar refractivity (Wildman–Crippen MR) is 80.0 cm³/mol. The fourth-order valence-corrected chi connectivity index (χ4v) is 4.70. The molecule has 1 aliphatic rings. The summed E-state index contributed by atoms with van der Waals surface area (Å²) in [7, 11) is -3.66. The van der Waals surface area contributed by atoms with E-state index in [0.29, 0.717) is 12.0 Å². The Morgan fingerprint density at radius 1 is 1.57 bits per heavy atom. The van der Waals surface area contributed by atoms with E-state index in [1.165, 1.54) is 11.3 Å². The van der Waals surface area contributed by atoms with E-state index in [9.17, 15) is 18.3 Å². The smallest absolute Gasteiger partial charge is 0.326 e. The van der Waals surface area contributed by atoms with Gasteiger partial charge in [0.1, 0.15) is 6.04 Å². The van der Waals surface area contributed by atoms with Crippen LogP contribution in [-0.4, -0.2) is 48.8 Å². The maximum absolute atomic E-state index is 12.4. The molecule has 8 heteroatoms. The fraction of sp³-hybridized carbons (Fsp3) is 0.615. The standard InChI is InChI=1S/C13H19NO5S2/c1-9(2)19-6-8-21(17,18)14-5-3-11-10(4-7-20-11)12(14)13(15)16/h4,7,9,12H,3,5-6,8H2,1-2H3,(H,15,16). The Hall–Kier alpha value is -0.960. The van der Waals surface area contributed by atoms with Gasteiger partial charge in [0.15, 0.2) is 0 Å². The highest BCUT2D eigenvalue weighted by Crippen LogP contribution is 2.35. The Balaban J connectivity index is 2.20. The van der Waals surface area contributed by atoms with Gasteiger partial charge < -0.3 is 9.84 Å². The average molecular weight is 333 g/mol. The number of ether oxygens (including phenoxy) is 1. The van der Waals surface area contributed by atoms with E-state index in [1.54, 1.807) is 11.4 Å². The highest BCUT2D eigenvalue weighted by molar-refractivity contribution is 7.89. The number of nitrogens with zero attached hydrogens (tertiary/aromatic N) is 1. The molecule has 0 aliphatic carbocycles. The van der Waals surface area contributed by atoms with Crippen LogP contribution in [0, 0.1) is 0 Å². The summed E-state index contributed by atoms with van der Waals surface area (Å²) in [4.78, 5) is 12.5. The number of thiophene rings is 1. The van der Waals surface area contributed by atoms with Crippen LogP contribution in [0.25, 0.3) is 0 Å². The number of hydrogen-bond donors (Lipinski definition) is 1. The Bertz CT molecular complexity index is 608. The van der Waals surface area contributed by atoms with E-state index in [-0.39, 0.29) is 25.0 Å². The first-order valence-electron chi connectivity index (χ1n) is 6.73. The van der Waals surface area contributed by atoms with E-state index < -0.39 is 22.0 Å². The van der Waals surface area contributed by atoms with Gasteiger partial charge in [-0.2, -0.15) is 4.31 Å². The molecule has 0 saturated heterocycles. The van der Waals surface area contributed by atoms with Crippen LogP contribution in [-0.2, 0) is 26.0 Å². The van der Waals surface area contributed by atoms with Crippen molar-refractivity contribution >= 4 is 27.3 Å². The van der Waals surface area contributed by atoms with E-state index in [4.69, 9.17) is 4.74 Å². The Labute approximate surface area is 128 Å². The highest BCUT2D eigenvalue weighted by atomic mass is 32.2. The third-order valence-corrected chi connectivity index (χ3v) is 6.09. The van der Waals surface area contributed by atoms with E-state index in [1.807, 2.05) is 13.8 Å². The molecule has 0 aromatic carbocycles. The number of sulfonamides is 1. The molecule has 2 heterocycles. The number of aliphatic carboxylic acids is 1. The van der Waals surface area contributed by atoms with Crippen molar-refractivity contribution < 1.29 is 23.1 Å². The van der Waals surface area contributed by atoms with Crippen molar-refractivity contribution in [1.82, 2.24) is 4.31 Å². The number of fused-ring (bicyclic) bond motifs is 1. The molecule has 1 aromatic heterocycles. The van der Waals surface area contributed by atoms with Crippen molar-refractivity contribution in [2.45, 2.75) is 32.4 Å². The molecule has 0 bridgehead atoms. The summed E-state index contributed by atoms with van der Waals surface area (Å²) in [5, 5.41) is 11.2. The molecule has 0 radical (unpaired) electrons. The molecule has 21 heavy (non-hydrogen) atoms. The second-order valence-corrected chi connectivity index (χ2v) is 8.18. The SMILES string of the molecule is CC(C)OCCS(=O)(=O)N1CCc2sccc2C1C(=O)O. The number of carboxylic acids is 1. The minimum absolute atomic E-state index is 0.0553. The summed E-state index contributed by atoms with van der Waals surface area (Å²) < 4.78 is 31.2. The molecular weight excluding hydrogens is 314 g/mol. The number of carbonyl (C=O) groups is 1. The van der Waals surface area contributed by atoms with Crippen molar-refractivity contribution in [3.05, 3.63) is 21.9 Å². The van der Waals surface area contributed by atoms with Gasteiger partial charge in [-0.05, 0) is 37.3 Å². The van der Waals surface area contributed by atoms with Gasteiger partial charge in [0.25, 0.3) is 0 Å². The van der Waals surface area contributed by atoms with Gasteiger partial charge in [0.05, 0.1) is 18.5 Å². The normalized spacial score (nSPS) is 19.7. The maximum atomic E-state index is 12.4. The largest absolute Gasteiger partial charge is 0.480 e. The van der Waals surface area contributed by atoms with Gasteiger partial charge in [0.2, 0.25) is 10.0 Å². The third kappa shape index (κ3) is 3.63. The summed E-state index contributed by atoms with van der Waals surface area (Å²) in [5.41, 5.74) is 0.590. The summed E-state index contributed by atoms with van der Waals surface area (Å²) in [6.07, 6.45) is 0.501. The zero-order valence-electron chi connectivity index (χ0n) is 12.0. The maximum Gasteiger partial charge on any atom is 0.326 e. The number of carboxylic acid groups (broad SMARTS) is 1. The first-order chi connectivity index (χ1) is 9.83. The minimum atomic E-state index is -3.66. The van der Waals surface area contributed by atoms with Gasteiger partial charge in [-0.1, -0.05) is 0 Å². The molecule has 0 saturated carbocycles. The van der Waals surface area contributed by atoms with Crippen molar-refractivity contribution in [2.24, 2.45) is 0 Å². The fourth-order valence-electron chi connectivity index (χ4n) is 2.36. The third-order valence-electron chi connectivity index (χ3n) is 3.31. The molecule has 1 unspecified atom stereocenters. The van der Waals surface area contributed by atoms with Crippen molar-refractivity contribution in [3.8, 4) is 0 Å². The van der Waals surface area contributed by atoms with Crippen LogP contribution in [0.5, 0.6) is 0 Å². The molecule has 118 valence electrons. The minimum Gasteiger partial charge on any atom is -0.480 e. The molecule has 1 N–H and O–H groups in total. The predicted octanol–water partition coefficient (Wildman–Crippen LogP) is 1.49. The molecule has 0 fully saturated rings. The van der Waals surface area contributed by atoms with Crippen molar-refractivity contribution in [1.29, 1.82) is 0 Å². The number of rotatable bonds is 6. The lowest BCUT2D eigenvalue weighted by molar-refractivity contribution is -0.142. The van der Waals surface area contributed by atoms with Gasteiger partial charge in [0, 0.05) is 11.4 Å². The molecular formula is C13H19NO5S2. The zero-order chi connectivity index (χ0) is 15.6. The number of hydrogen-bond acceptors (Lipinski definition) is 5. The molecule has 1 aliphatic heterocycles. The zero-order valence-corrected chi connectivity index (χ0v) is 13.6. The lowest BCUT2D eigenvalue weighted by atomic mass is 10.0. The second kappa shape index (κ2) is 6.43. The Morgan fingerprint density at radius 2 is 2.29 bits per heavy atom. The first-order valence-corrected chi connectivity index (χ1v) is 9.22. The van der Waals surface area contributed by atoms with Crippen molar-refractivity contribution in [2.75, 3.05) is 18.9 Å². The van der Waals surface area contributed by atoms with E-state index in [0.717, 1.165) is 9.18 Å². The van der Waals surface area contributed by atoms with E-state index >= 15 is 0 Å². The van der Waals surface area contributed by atoms with E-state index in [2.05, 4.69) is 0 Å². The van der Waals surface area contributed by atoms with Crippen LogP contribution in [0.15, 0.2) is 11.4 Å². The monoisotopic (exact) mass is 333 g/mol. The Morgan fingerprint density at radius 3 is 2.90 bits per heavy atom. The summed E-state index contributed by atoms with van der Waals surface area (Å²) >= 11 is 1.47. The molecule has 0 amide bonds. The van der Waals surface area contributed by atoms with Crippen molar-refractivity contribution in [3.63, 3.8) is 0 Å². The van der Waals surface area contributed by atoms with Gasteiger partial charge in [-0.3, -0.25) is 4.79 Å². The van der Waals surface area contributed by atoms with Crippen LogP contribution < -0.4 is 0 Å². The molecule has 6 nitrogen and oxygen atoms in total. The molecule has 0 spiro atoms. The highest BCUT2D eigenvalue weighted by Gasteiger charge is 2.40. The van der Waals surface area contributed by atoms with Crippen LogP contribution in [0.2, 0.25) is 0 Å². The average Bonchev–Trinajstić information content (AvgIpc) is 2.84. The topological polar surface area (TPSA) is 83.9 Å².